The highest BCUT2D eigenvalue weighted by molar-refractivity contribution is 6.04. The maximum Gasteiger partial charge on any atom is 0.248 e. The Bertz CT molecular complexity index is 1310. The summed E-state index contributed by atoms with van der Waals surface area (Å²) in [6.07, 6.45) is 6.16. The Balaban J connectivity index is 1.96. The van der Waals surface area contributed by atoms with Crippen molar-refractivity contribution in [2.24, 2.45) is 0 Å². The largest absolute Gasteiger partial charge is 0.493 e. The van der Waals surface area contributed by atoms with Gasteiger partial charge in [-0.3, -0.25) is 4.79 Å². The third kappa shape index (κ3) is 6.38. The quantitative estimate of drug-likeness (QED) is 0.273. The highest BCUT2D eigenvalue weighted by Gasteiger charge is 2.16. The number of anilines is 1. The van der Waals surface area contributed by atoms with Crippen molar-refractivity contribution in [2.75, 3.05) is 40.9 Å². The minimum Gasteiger partial charge on any atom is -0.493 e. The summed E-state index contributed by atoms with van der Waals surface area (Å²) < 4.78 is 53.7. The van der Waals surface area contributed by atoms with Gasteiger partial charge in [-0.25, -0.2) is 8.78 Å². The van der Waals surface area contributed by atoms with Crippen molar-refractivity contribution in [1.82, 2.24) is 0 Å². The summed E-state index contributed by atoms with van der Waals surface area (Å²) in [6, 6.07) is 10.4. The van der Waals surface area contributed by atoms with Gasteiger partial charge in [0.05, 0.1) is 41.2 Å². The zero-order valence-corrected chi connectivity index (χ0v) is 21.1. The molecule has 0 aliphatic heterocycles. The van der Waals surface area contributed by atoms with E-state index < -0.39 is 17.5 Å². The summed E-state index contributed by atoms with van der Waals surface area (Å²) in [5.74, 6) is -0.318. The van der Waals surface area contributed by atoms with Gasteiger partial charge >= 0.3 is 0 Å². The second kappa shape index (κ2) is 12.4. The van der Waals surface area contributed by atoms with Crippen molar-refractivity contribution in [3.63, 3.8) is 0 Å². The summed E-state index contributed by atoms with van der Waals surface area (Å²) >= 11 is 0. The van der Waals surface area contributed by atoms with Crippen molar-refractivity contribution < 1.29 is 37.3 Å². The molecule has 1 amide bonds. The van der Waals surface area contributed by atoms with Crippen LogP contribution in [-0.4, -0.2) is 41.5 Å². The Hall–Kier alpha value is -4.53. The number of rotatable bonds is 10. The molecule has 0 spiro atoms. The molecule has 3 rings (SSSR count). The van der Waals surface area contributed by atoms with Crippen LogP contribution in [0.3, 0.4) is 0 Å². The monoisotopic (exact) mass is 511 g/mol. The van der Waals surface area contributed by atoms with E-state index >= 15 is 0 Å². The van der Waals surface area contributed by atoms with E-state index in [2.05, 4.69) is 5.32 Å². The molecule has 0 fully saturated rings. The molecule has 37 heavy (non-hydrogen) atoms. The SMILES string of the molecule is COc1cc(/C=C/c2ccc(OC)c(OC)c2NC(=O)/C=C/c2ccc(F)c(F)c2)cc(OC)c1OC. The molecule has 0 unspecified atom stereocenters. The van der Waals surface area contributed by atoms with E-state index in [0.29, 0.717) is 45.6 Å². The lowest BCUT2D eigenvalue weighted by Gasteiger charge is -2.16. The topological polar surface area (TPSA) is 75.2 Å². The van der Waals surface area contributed by atoms with Crippen LogP contribution < -0.4 is 29.0 Å². The number of carbonyl (C=O) groups is 1. The predicted molar refractivity (Wildman–Crippen MR) is 139 cm³/mol. The molecule has 0 saturated heterocycles. The standard InChI is InChI=1S/C28H27F2NO6/c1-33-22-12-10-19(9-6-18-15-23(34-2)27(36-4)24(16-18)35-3)26(28(22)37-5)31-25(32)13-8-17-7-11-20(29)21(30)14-17/h6-16H,1-5H3,(H,31,32)/b9-6+,13-8+. The maximum atomic E-state index is 13.5. The Labute approximate surface area is 213 Å². The van der Waals surface area contributed by atoms with Crippen LogP contribution in [-0.2, 0) is 4.79 Å². The van der Waals surface area contributed by atoms with Crippen LogP contribution in [0.5, 0.6) is 28.7 Å². The van der Waals surface area contributed by atoms with E-state index in [0.717, 1.165) is 17.7 Å². The van der Waals surface area contributed by atoms with Crippen LogP contribution in [0.4, 0.5) is 14.5 Å². The summed E-state index contributed by atoms with van der Waals surface area (Å²) in [7, 11) is 7.52. The lowest BCUT2D eigenvalue weighted by atomic mass is 10.1. The Morgan fingerprint density at radius 1 is 0.676 bits per heavy atom. The van der Waals surface area contributed by atoms with Crippen LogP contribution in [0.1, 0.15) is 16.7 Å². The minimum atomic E-state index is -1.00. The number of benzene rings is 3. The van der Waals surface area contributed by atoms with Crippen molar-refractivity contribution >= 4 is 29.8 Å². The lowest BCUT2D eigenvalue weighted by molar-refractivity contribution is -0.111. The maximum absolute atomic E-state index is 13.5. The average molecular weight is 512 g/mol. The molecule has 3 aromatic rings. The molecular formula is C28H27F2NO6. The minimum absolute atomic E-state index is 0.309. The smallest absolute Gasteiger partial charge is 0.248 e. The first-order chi connectivity index (χ1) is 17.8. The van der Waals surface area contributed by atoms with Gasteiger partial charge < -0.3 is 29.0 Å². The molecule has 7 nitrogen and oxygen atoms in total. The number of nitrogens with one attached hydrogen (secondary N) is 1. The molecular weight excluding hydrogens is 484 g/mol. The second-order valence-electron chi connectivity index (χ2n) is 7.55. The van der Waals surface area contributed by atoms with Gasteiger partial charge in [0.25, 0.3) is 0 Å². The molecule has 0 heterocycles. The van der Waals surface area contributed by atoms with Gasteiger partial charge in [0.2, 0.25) is 11.7 Å². The average Bonchev–Trinajstić information content (AvgIpc) is 2.91. The molecule has 1 N–H and O–H groups in total. The second-order valence-corrected chi connectivity index (χ2v) is 7.55. The molecule has 194 valence electrons. The molecule has 0 saturated carbocycles. The summed E-state index contributed by atoms with van der Waals surface area (Å²) in [5.41, 5.74) is 2.04. The van der Waals surface area contributed by atoms with Gasteiger partial charge in [0.15, 0.2) is 34.6 Å². The van der Waals surface area contributed by atoms with Crippen molar-refractivity contribution in [3.05, 3.63) is 76.9 Å². The van der Waals surface area contributed by atoms with Gasteiger partial charge in [-0.1, -0.05) is 18.2 Å². The molecule has 3 aromatic carbocycles. The van der Waals surface area contributed by atoms with Crippen LogP contribution >= 0.6 is 0 Å². The number of amides is 1. The van der Waals surface area contributed by atoms with Crippen molar-refractivity contribution in [3.8, 4) is 28.7 Å². The van der Waals surface area contributed by atoms with E-state index in [1.807, 2.05) is 0 Å². The first kappa shape index (κ1) is 27.1. The fraction of sp³-hybridized carbons (Fsp3) is 0.179. The highest BCUT2D eigenvalue weighted by Crippen LogP contribution is 2.40. The van der Waals surface area contributed by atoms with Crippen LogP contribution in [0.2, 0.25) is 0 Å². The normalized spacial score (nSPS) is 11.0. The third-order valence-corrected chi connectivity index (χ3v) is 5.34. The molecule has 0 aliphatic rings. The third-order valence-electron chi connectivity index (χ3n) is 5.34. The molecule has 0 radical (unpaired) electrons. The van der Waals surface area contributed by atoms with Gasteiger partial charge in [0, 0.05) is 11.6 Å². The van der Waals surface area contributed by atoms with E-state index in [9.17, 15) is 13.6 Å². The van der Waals surface area contributed by atoms with Gasteiger partial charge in [-0.05, 0) is 53.6 Å². The van der Waals surface area contributed by atoms with Crippen LogP contribution in [0.15, 0.2) is 48.5 Å². The van der Waals surface area contributed by atoms with E-state index in [1.54, 1.807) is 36.4 Å². The number of hydrogen-bond acceptors (Lipinski definition) is 6. The van der Waals surface area contributed by atoms with E-state index in [-0.39, 0.29) is 0 Å². The van der Waals surface area contributed by atoms with Crippen LogP contribution in [0, 0.1) is 11.6 Å². The molecule has 0 aliphatic carbocycles. The predicted octanol–water partition coefficient (Wildman–Crippen LogP) is 5.83. The lowest BCUT2D eigenvalue weighted by Crippen LogP contribution is -2.11. The molecule has 0 atom stereocenters. The van der Waals surface area contributed by atoms with Crippen molar-refractivity contribution in [1.29, 1.82) is 0 Å². The number of hydrogen-bond donors (Lipinski definition) is 1. The number of methoxy groups -OCH3 is 5. The van der Waals surface area contributed by atoms with Crippen LogP contribution in [0.25, 0.3) is 18.2 Å². The Kier molecular flexibility index (Phi) is 9.10. The molecule has 0 bridgehead atoms. The zero-order chi connectivity index (χ0) is 26.9. The summed E-state index contributed by atoms with van der Waals surface area (Å²) in [4.78, 5) is 12.7. The van der Waals surface area contributed by atoms with Gasteiger partial charge in [0.1, 0.15) is 0 Å². The molecule has 9 heteroatoms. The fourth-order valence-corrected chi connectivity index (χ4v) is 3.55. The number of carbonyl (C=O) groups excluding carboxylic acids is 1. The van der Waals surface area contributed by atoms with Gasteiger partial charge in [-0.2, -0.15) is 0 Å². The Morgan fingerprint density at radius 3 is 1.89 bits per heavy atom. The first-order valence-electron chi connectivity index (χ1n) is 11.0. The summed E-state index contributed by atoms with van der Waals surface area (Å²) in [5, 5.41) is 2.78. The van der Waals surface area contributed by atoms with E-state index in [1.165, 1.54) is 53.8 Å². The highest BCUT2D eigenvalue weighted by atomic mass is 19.2. The number of ether oxygens (including phenoxy) is 5. The first-order valence-corrected chi connectivity index (χ1v) is 11.0. The van der Waals surface area contributed by atoms with Gasteiger partial charge in [-0.15, -0.1) is 0 Å². The van der Waals surface area contributed by atoms with E-state index in [4.69, 9.17) is 23.7 Å². The number of halogens is 2. The Morgan fingerprint density at radius 2 is 1.32 bits per heavy atom. The zero-order valence-electron chi connectivity index (χ0n) is 21.1. The fourth-order valence-electron chi connectivity index (χ4n) is 3.55. The molecule has 0 aromatic heterocycles. The van der Waals surface area contributed by atoms with Crippen molar-refractivity contribution in [2.45, 2.75) is 0 Å². The summed E-state index contributed by atoms with van der Waals surface area (Å²) in [6.45, 7) is 0.